The lowest BCUT2D eigenvalue weighted by atomic mass is 9.89. The highest BCUT2D eigenvalue weighted by atomic mass is 32.2. The van der Waals surface area contributed by atoms with Crippen molar-refractivity contribution in [3.8, 4) is 5.75 Å². The molecule has 4 rings (SSSR count). The summed E-state index contributed by atoms with van der Waals surface area (Å²) in [6, 6.07) is 9.27. The van der Waals surface area contributed by atoms with Crippen molar-refractivity contribution in [2.24, 2.45) is 0 Å². The molecule has 1 saturated heterocycles. The number of aryl methyl sites for hydroxylation is 1. The van der Waals surface area contributed by atoms with E-state index in [1.54, 1.807) is 12.1 Å². The molecule has 1 N–H and O–H groups in total. The number of hydrogen-bond acceptors (Lipinski definition) is 4. The average Bonchev–Trinajstić information content (AvgIpc) is 3.36. The second-order valence-corrected chi connectivity index (χ2v) is 14.8. The molecule has 1 heterocycles. The summed E-state index contributed by atoms with van der Waals surface area (Å²) in [5.74, 6) is -7.20. The van der Waals surface area contributed by atoms with Crippen LogP contribution in [-0.4, -0.2) is 61.2 Å². The number of hydrogen-bond donors (Lipinski definition) is 1. The molecule has 0 bridgehead atoms. The van der Waals surface area contributed by atoms with E-state index < -0.39 is 46.3 Å². The van der Waals surface area contributed by atoms with Gasteiger partial charge in [0.25, 0.3) is 0 Å². The summed E-state index contributed by atoms with van der Waals surface area (Å²) < 4.78 is 116. The highest BCUT2D eigenvalue weighted by molar-refractivity contribution is 7.91. The van der Waals surface area contributed by atoms with E-state index in [9.17, 15) is 44.3 Å². The predicted molar refractivity (Wildman–Crippen MR) is 165 cm³/mol. The molecule has 0 spiro atoms. The van der Waals surface area contributed by atoms with E-state index in [1.165, 1.54) is 24.3 Å². The average molecular weight is 678 g/mol. The van der Waals surface area contributed by atoms with Crippen molar-refractivity contribution in [3.63, 3.8) is 0 Å². The third kappa shape index (κ3) is 9.71. The third-order valence-electron chi connectivity index (χ3n) is 9.17. The first kappa shape index (κ1) is 36.2. The van der Waals surface area contributed by atoms with Crippen molar-refractivity contribution in [3.05, 3.63) is 64.7 Å². The number of phenolic OH excluding ortho intramolecular Hbond substituents is 1. The van der Waals surface area contributed by atoms with Crippen LogP contribution in [0.5, 0.6) is 5.75 Å². The summed E-state index contributed by atoms with van der Waals surface area (Å²) in [5, 5.41) is 9.98. The van der Waals surface area contributed by atoms with Crippen molar-refractivity contribution >= 4 is 21.0 Å². The molecule has 4 nitrogen and oxygen atoms in total. The van der Waals surface area contributed by atoms with Gasteiger partial charge in [0.15, 0.2) is 11.6 Å². The Balaban J connectivity index is 1.27. The molecule has 0 amide bonds. The number of unbranched alkanes of at least 4 members (excludes halogenated alkanes) is 3. The largest absolute Gasteiger partial charge is 0.505 e. The minimum Gasteiger partial charge on any atom is -0.505 e. The van der Waals surface area contributed by atoms with Crippen LogP contribution in [0.3, 0.4) is 0 Å². The quantitative estimate of drug-likeness (QED) is 0.151. The third-order valence-corrected chi connectivity index (χ3v) is 10.9. The zero-order valence-corrected chi connectivity index (χ0v) is 26.6. The van der Waals surface area contributed by atoms with Gasteiger partial charge in [-0.25, -0.2) is 17.2 Å². The van der Waals surface area contributed by atoms with Gasteiger partial charge in [0.2, 0.25) is 0 Å². The summed E-state index contributed by atoms with van der Waals surface area (Å²) >= 11 is 0. The molecule has 0 saturated carbocycles. The number of nitrogens with zero attached hydrogens (tertiary/aromatic N) is 1. The number of phenols is 1. The topological polar surface area (TPSA) is 57.6 Å². The standard InChI is InChI=1S/C34H42F7NO3S/c35-26-14-12-24(13-15-26)28-11-5-8-25-22-32(43)31(36)23-30(25)29(28)10-3-1-2-4-18-42-19-6-9-27(42)16-21-46(44,45)20-7-17-33(37,38)34(39,40)41/h12-15,22-23,27,43H,1-11,16-21H2. The molecule has 1 aliphatic carbocycles. The van der Waals surface area contributed by atoms with E-state index in [2.05, 4.69) is 4.90 Å². The minimum absolute atomic E-state index is 0.0311. The lowest BCUT2D eigenvalue weighted by Crippen LogP contribution is -2.36. The molecule has 46 heavy (non-hydrogen) atoms. The van der Waals surface area contributed by atoms with Crippen LogP contribution in [0, 0.1) is 11.6 Å². The second kappa shape index (κ2) is 15.5. The number of benzene rings is 2. The Kier molecular flexibility index (Phi) is 12.2. The monoisotopic (exact) mass is 677 g/mol. The SMILES string of the molecule is O=S(=O)(CCCC(F)(F)C(F)(F)F)CCC1CCCN1CCCCCCC1=C(c2ccc(F)cc2)CCCc2cc(O)c(F)cc21. The number of rotatable bonds is 15. The lowest BCUT2D eigenvalue weighted by Gasteiger charge is -2.24. The fraction of sp³-hybridized carbons (Fsp3) is 0.588. The number of fused-ring (bicyclic) bond motifs is 1. The van der Waals surface area contributed by atoms with Gasteiger partial charge < -0.3 is 10.0 Å². The van der Waals surface area contributed by atoms with E-state index >= 15 is 0 Å². The summed E-state index contributed by atoms with van der Waals surface area (Å²) in [5.41, 5.74) is 4.66. The molecule has 256 valence electrons. The van der Waals surface area contributed by atoms with E-state index in [-0.39, 0.29) is 23.4 Å². The van der Waals surface area contributed by atoms with Gasteiger partial charge in [-0.3, -0.25) is 0 Å². The summed E-state index contributed by atoms with van der Waals surface area (Å²) in [6.45, 7) is 1.60. The first-order valence-electron chi connectivity index (χ1n) is 16.1. The molecule has 1 unspecified atom stereocenters. The van der Waals surface area contributed by atoms with Crippen molar-refractivity contribution in [2.45, 2.75) is 102 Å². The molecule has 1 fully saturated rings. The van der Waals surface area contributed by atoms with Gasteiger partial charge in [-0.15, -0.1) is 0 Å². The van der Waals surface area contributed by atoms with Crippen LogP contribution in [0.2, 0.25) is 0 Å². The number of alkyl halides is 5. The van der Waals surface area contributed by atoms with E-state index in [0.29, 0.717) is 19.3 Å². The second-order valence-electron chi connectivity index (χ2n) is 12.5. The van der Waals surface area contributed by atoms with Crippen molar-refractivity contribution in [1.29, 1.82) is 0 Å². The zero-order valence-electron chi connectivity index (χ0n) is 25.8. The first-order chi connectivity index (χ1) is 21.7. The van der Waals surface area contributed by atoms with Crippen molar-refractivity contribution in [1.82, 2.24) is 4.90 Å². The Bertz CT molecular complexity index is 1460. The zero-order chi connectivity index (χ0) is 33.5. The molecule has 2 aromatic carbocycles. The molecule has 0 radical (unpaired) electrons. The van der Waals surface area contributed by atoms with Crippen LogP contribution in [0.1, 0.15) is 93.7 Å². The smallest absolute Gasteiger partial charge is 0.453 e. The highest BCUT2D eigenvalue weighted by Crippen LogP contribution is 2.41. The van der Waals surface area contributed by atoms with E-state index in [0.717, 1.165) is 92.3 Å². The van der Waals surface area contributed by atoms with Gasteiger partial charge in [-0.05, 0) is 129 Å². The van der Waals surface area contributed by atoms with Crippen LogP contribution in [0.15, 0.2) is 36.4 Å². The fourth-order valence-electron chi connectivity index (χ4n) is 6.68. The maximum atomic E-state index is 14.5. The van der Waals surface area contributed by atoms with Gasteiger partial charge in [0, 0.05) is 12.5 Å². The van der Waals surface area contributed by atoms with Gasteiger partial charge in [0.05, 0.1) is 11.5 Å². The number of halogens is 7. The van der Waals surface area contributed by atoms with Crippen LogP contribution >= 0.6 is 0 Å². The molecular weight excluding hydrogens is 635 g/mol. The maximum absolute atomic E-state index is 14.5. The lowest BCUT2D eigenvalue weighted by molar-refractivity contribution is -0.284. The van der Waals surface area contributed by atoms with Gasteiger partial charge in [-0.1, -0.05) is 25.0 Å². The molecule has 2 aliphatic rings. The maximum Gasteiger partial charge on any atom is 0.453 e. The van der Waals surface area contributed by atoms with Crippen molar-refractivity contribution < 1.29 is 44.3 Å². The van der Waals surface area contributed by atoms with Gasteiger partial charge >= 0.3 is 12.1 Å². The summed E-state index contributed by atoms with van der Waals surface area (Å²) in [4.78, 5) is 2.24. The van der Waals surface area contributed by atoms with Crippen LogP contribution in [-0.2, 0) is 16.3 Å². The van der Waals surface area contributed by atoms with E-state index in [1.807, 2.05) is 0 Å². The number of likely N-dealkylation sites (tertiary alicyclic amines) is 1. The Hall–Kier alpha value is -2.60. The van der Waals surface area contributed by atoms with Crippen molar-refractivity contribution in [2.75, 3.05) is 24.6 Å². The molecule has 1 aliphatic heterocycles. The first-order valence-corrected chi connectivity index (χ1v) is 17.9. The number of sulfone groups is 1. The van der Waals surface area contributed by atoms with Crippen LogP contribution in [0.4, 0.5) is 30.7 Å². The minimum atomic E-state index is -5.68. The Morgan fingerprint density at radius 2 is 1.59 bits per heavy atom. The fourth-order valence-corrected chi connectivity index (χ4v) is 8.10. The molecule has 2 aromatic rings. The number of aromatic hydroxyl groups is 1. The molecule has 0 aromatic heterocycles. The van der Waals surface area contributed by atoms with Crippen LogP contribution < -0.4 is 0 Å². The van der Waals surface area contributed by atoms with Gasteiger partial charge in [0.1, 0.15) is 15.7 Å². The Morgan fingerprint density at radius 3 is 2.30 bits per heavy atom. The molecule has 1 atom stereocenters. The Labute approximate surface area is 266 Å². The van der Waals surface area contributed by atoms with Crippen LogP contribution in [0.25, 0.3) is 11.1 Å². The predicted octanol–water partition coefficient (Wildman–Crippen LogP) is 9.12. The normalized spacial score (nSPS) is 18.2. The van der Waals surface area contributed by atoms with E-state index in [4.69, 9.17) is 0 Å². The molecular formula is C34H42F7NO3S. The summed E-state index contributed by atoms with van der Waals surface area (Å²) in [6.07, 6.45) is 0.614. The highest BCUT2D eigenvalue weighted by Gasteiger charge is 2.56. The number of allylic oxidation sites excluding steroid dienone is 2. The molecule has 12 heteroatoms. The summed E-state index contributed by atoms with van der Waals surface area (Å²) in [7, 11) is -3.75. The Morgan fingerprint density at radius 1 is 0.870 bits per heavy atom. The van der Waals surface area contributed by atoms with Gasteiger partial charge in [-0.2, -0.15) is 22.0 Å².